The number of pyridine rings is 3. The van der Waals surface area contributed by atoms with Crippen LogP contribution in [0.25, 0.3) is 17.1 Å². The number of carboxylic acid groups (broad SMARTS) is 1. The van der Waals surface area contributed by atoms with E-state index in [2.05, 4.69) is 58.8 Å². The third kappa shape index (κ3) is 16.8. The van der Waals surface area contributed by atoms with Crippen LogP contribution in [0, 0.1) is 76.4 Å². The molecular formula is C65H55Br3ClF6N5O10. The lowest BCUT2D eigenvalue weighted by atomic mass is 10.1. The minimum Gasteiger partial charge on any atom is -0.487 e. The summed E-state index contributed by atoms with van der Waals surface area (Å²) < 4.78 is 102. The van der Waals surface area contributed by atoms with E-state index < -0.39 is 57.2 Å². The van der Waals surface area contributed by atoms with Crippen molar-refractivity contribution >= 4 is 76.5 Å². The Morgan fingerprint density at radius 2 is 0.756 bits per heavy atom. The molecule has 0 spiro atoms. The molecular weight excluding hydrogens is 1400 g/mol. The van der Waals surface area contributed by atoms with Crippen LogP contribution >= 0.6 is 59.4 Å². The van der Waals surface area contributed by atoms with Crippen LogP contribution in [-0.2, 0) is 19.8 Å². The maximum absolute atomic E-state index is 13.8. The Morgan fingerprint density at radius 1 is 0.467 bits per heavy atom. The zero-order valence-electron chi connectivity index (χ0n) is 49.1. The minimum atomic E-state index is -1.10. The van der Waals surface area contributed by atoms with Crippen molar-refractivity contribution in [1.29, 1.82) is 0 Å². The Bertz CT molecular complexity index is 4250. The molecule has 0 aliphatic rings. The maximum Gasteiger partial charge on any atom is 0.335 e. The third-order valence-electron chi connectivity index (χ3n) is 13.4. The van der Waals surface area contributed by atoms with Gasteiger partial charge in [-0.1, -0.05) is 18.2 Å². The van der Waals surface area contributed by atoms with E-state index in [1.54, 1.807) is 95.3 Å². The first-order chi connectivity index (χ1) is 42.6. The fourth-order valence-corrected chi connectivity index (χ4v) is 10.1. The number of ether oxygens (including phenoxy) is 3. The highest BCUT2D eigenvalue weighted by Crippen LogP contribution is 2.31. The lowest BCUT2D eigenvalue weighted by Gasteiger charge is -2.17. The number of nitrogens with two attached hydrogens (primary N) is 1. The molecule has 470 valence electrons. The summed E-state index contributed by atoms with van der Waals surface area (Å²) in [5.41, 5.74) is 9.86. The van der Waals surface area contributed by atoms with E-state index in [4.69, 9.17) is 25.8 Å². The van der Waals surface area contributed by atoms with Crippen molar-refractivity contribution in [2.45, 2.75) is 61.4 Å². The zero-order valence-corrected chi connectivity index (χ0v) is 54.6. The molecule has 9 rings (SSSR count). The van der Waals surface area contributed by atoms with Crippen LogP contribution in [0.1, 0.15) is 81.5 Å². The normalized spacial score (nSPS) is 10.6. The summed E-state index contributed by atoms with van der Waals surface area (Å²) >= 11 is 15.3. The second kappa shape index (κ2) is 31.3. The molecule has 6 aromatic carbocycles. The van der Waals surface area contributed by atoms with Crippen LogP contribution in [0.3, 0.4) is 0 Å². The van der Waals surface area contributed by atoms with E-state index in [-0.39, 0.29) is 89.8 Å². The van der Waals surface area contributed by atoms with Gasteiger partial charge in [0.15, 0.2) is 0 Å². The van der Waals surface area contributed by atoms with Gasteiger partial charge in [-0.15, -0.1) is 0 Å². The number of benzene rings is 6. The highest BCUT2D eigenvalue weighted by atomic mass is 79.9. The van der Waals surface area contributed by atoms with Gasteiger partial charge in [-0.05, 0) is 197 Å². The molecule has 0 aliphatic carbocycles. The number of carboxylic acids is 1. The molecule has 0 bridgehead atoms. The van der Waals surface area contributed by atoms with Gasteiger partial charge >= 0.3 is 5.97 Å². The molecule has 1 amide bonds. The number of hydrogen-bond donors (Lipinski definition) is 3. The molecule has 15 nitrogen and oxygen atoms in total. The average molecular weight is 1460 g/mol. The smallest absolute Gasteiger partial charge is 0.335 e. The largest absolute Gasteiger partial charge is 0.487 e. The van der Waals surface area contributed by atoms with Crippen LogP contribution in [0.5, 0.6) is 17.2 Å². The number of aryl methyl sites for hydroxylation is 6. The molecule has 3 aromatic heterocycles. The number of aromatic carboxylic acids is 1. The minimum absolute atomic E-state index is 0.0557. The fraction of sp³-hybridized carbons (Fsp3) is 0.169. The number of halogens is 10. The fourth-order valence-electron chi connectivity index (χ4n) is 8.73. The predicted molar refractivity (Wildman–Crippen MR) is 340 cm³/mol. The Hall–Kier alpha value is -8.55. The topological polar surface area (TPSA) is 203 Å². The number of hydrogen-bond acceptors (Lipinski definition) is 10. The van der Waals surface area contributed by atoms with Gasteiger partial charge in [0.25, 0.3) is 27.8 Å². The Morgan fingerprint density at radius 3 is 1.04 bits per heavy atom. The molecule has 0 aliphatic heterocycles. The standard InChI is InChI=1S/C22H19BrF2N2O3.C21H15BrClF2NO3.C21H16BrF2NO4.CH5N/c1-12-4-5-14(21(28)26-3)9-18(12)27-13(2)8-19(20(23)22(27)29)30-11-15-6-7-16(24)10-17(15)25;1-11-3-4-13(20(23)27)8-17(11)26-12(2)7-18(19(22)21(26)28)29-10-14-5-6-15(24)9-16(14)25;1-11-3-4-13(21(27)28)8-17(11)25-12(2)7-18(19(22)20(25)26)29-10-14-5-6-15(23)9-16(14)24;1-2/h4-10H,11H2,1-3H3,(H,26,28);3-9H,10H2,1-2H3;3-9H,10H2,1-2H3,(H,27,28);2H2,1H3. The quantitative estimate of drug-likeness (QED) is 0.0651. The monoisotopic (exact) mass is 1450 g/mol. The number of carbonyl (C=O) groups is 3. The lowest BCUT2D eigenvalue weighted by Crippen LogP contribution is -2.24. The molecule has 90 heavy (non-hydrogen) atoms. The van der Waals surface area contributed by atoms with Crippen LogP contribution < -0.4 is 41.9 Å². The van der Waals surface area contributed by atoms with Crippen LogP contribution in [0.4, 0.5) is 26.3 Å². The van der Waals surface area contributed by atoms with E-state index in [0.29, 0.717) is 45.3 Å². The van der Waals surface area contributed by atoms with Gasteiger partial charge in [-0.25, -0.2) is 31.1 Å². The van der Waals surface area contributed by atoms with Crippen LogP contribution in [0.2, 0.25) is 0 Å². The molecule has 0 atom stereocenters. The first-order valence-corrected chi connectivity index (χ1v) is 29.4. The van der Waals surface area contributed by atoms with Gasteiger partial charge in [0.2, 0.25) is 0 Å². The molecule has 25 heteroatoms. The third-order valence-corrected chi connectivity index (χ3v) is 15.8. The summed E-state index contributed by atoms with van der Waals surface area (Å²) in [5, 5.41) is 11.2. The van der Waals surface area contributed by atoms with Gasteiger partial charge in [-0.3, -0.25) is 37.7 Å². The first-order valence-electron chi connectivity index (χ1n) is 26.6. The number of carbonyl (C=O) groups excluding carboxylic acids is 2. The van der Waals surface area contributed by atoms with E-state index in [9.17, 15) is 60.2 Å². The molecule has 0 radical (unpaired) electrons. The lowest BCUT2D eigenvalue weighted by molar-refractivity contribution is 0.0696. The number of rotatable bonds is 15. The SMILES string of the molecule is CN.CNC(=O)c1ccc(C)c(-n2c(C)cc(OCc3ccc(F)cc3F)c(Br)c2=O)c1.Cc1ccc(C(=O)Cl)cc1-n1c(C)cc(OCc2ccc(F)cc2F)c(Br)c1=O.Cc1ccc(C(=O)O)cc1-n1c(C)cc(OCc2ccc(F)cc2F)c(Br)c1=O. The van der Waals surface area contributed by atoms with Gasteiger partial charge in [0.1, 0.15) is 85.4 Å². The highest BCUT2D eigenvalue weighted by molar-refractivity contribution is 9.11. The second-order valence-corrected chi connectivity index (χ2v) is 22.3. The van der Waals surface area contributed by atoms with Gasteiger partial charge in [0.05, 0.1) is 22.6 Å². The van der Waals surface area contributed by atoms with Gasteiger partial charge < -0.3 is 30.4 Å². The number of aromatic nitrogens is 3. The van der Waals surface area contributed by atoms with E-state index >= 15 is 0 Å². The average Bonchev–Trinajstić information content (AvgIpc) is 0.831. The molecule has 0 fully saturated rings. The predicted octanol–water partition coefficient (Wildman–Crippen LogP) is 14.2. The zero-order chi connectivity index (χ0) is 66.6. The Labute approximate surface area is 541 Å². The van der Waals surface area contributed by atoms with Crippen molar-refractivity contribution in [3.05, 3.63) is 274 Å². The van der Waals surface area contributed by atoms with Gasteiger partial charge in [0, 0.05) is 88.3 Å². The summed E-state index contributed by atoms with van der Waals surface area (Å²) in [6, 6.07) is 28.8. The van der Waals surface area contributed by atoms with Crippen molar-refractivity contribution in [2.75, 3.05) is 14.1 Å². The van der Waals surface area contributed by atoms with Crippen molar-refractivity contribution in [1.82, 2.24) is 19.0 Å². The molecule has 9 aromatic rings. The van der Waals surface area contributed by atoms with Crippen molar-refractivity contribution in [3.63, 3.8) is 0 Å². The first kappa shape index (κ1) is 70.5. The summed E-state index contributed by atoms with van der Waals surface area (Å²) in [6.07, 6.45) is 0. The summed E-state index contributed by atoms with van der Waals surface area (Å²) in [4.78, 5) is 73.7. The molecule has 3 heterocycles. The van der Waals surface area contributed by atoms with Crippen LogP contribution in [-0.4, -0.2) is 50.0 Å². The maximum atomic E-state index is 13.8. The molecule has 0 unspecified atom stereocenters. The molecule has 0 saturated carbocycles. The van der Waals surface area contributed by atoms with E-state index in [1.807, 2.05) is 6.92 Å². The number of nitrogens with one attached hydrogen (secondary N) is 1. The second-order valence-electron chi connectivity index (χ2n) is 19.5. The van der Waals surface area contributed by atoms with E-state index in [1.165, 1.54) is 58.1 Å². The van der Waals surface area contributed by atoms with Gasteiger partial charge in [-0.2, -0.15) is 0 Å². The summed E-state index contributed by atoms with van der Waals surface area (Å²) in [5.74, 6) is -4.96. The van der Waals surface area contributed by atoms with Crippen molar-refractivity contribution in [3.8, 4) is 34.3 Å². The van der Waals surface area contributed by atoms with Crippen molar-refractivity contribution in [2.24, 2.45) is 5.73 Å². The summed E-state index contributed by atoms with van der Waals surface area (Å²) in [7, 11) is 3.03. The Kier molecular flexibility index (Phi) is 24.5. The highest BCUT2D eigenvalue weighted by Gasteiger charge is 2.21. The number of nitrogens with zero attached hydrogens (tertiary/aromatic N) is 3. The Balaban J connectivity index is 0.000000212. The molecule has 0 saturated heterocycles. The van der Waals surface area contributed by atoms with Crippen molar-refractivity contribution < 1.29 is 60.0 Å². The van der Waals surface area contributed by atoms with Crippen LogP contribution in [0.15, 0.2) is 155 Å². The number of amides is 1. The summed E-state index contributed by atoms with van der Waals surface area (Å²) in [6.45, 7) is 9.97. The van der Waals surface area contributed by atoms with E-state index in [0.717, 1.165) is 47.5 Å². The molecule has 4 N–H and O–H groups in total.